The average Bonchev–Trinajstić information content (AvgIpc) is 3.42. The van der Waals surface area contributed by atoms with Gasteiger partial charge in [0.2, 0.25) is 0 Å². The number of anilines is 1. The summed E-state index contributed by atoms with van der Waals surface area (Å²) in [7, 11) is 0. The van der Waals surface area contributed by atoms with Gasteiger partial charge in [0.25, 0.3) is 12.3 Å². The van der Waals surface area contributed by atoms with Crippen LogP contribution < -0.4 is 16.4 Å². The number of benzene rings is 1. The van der Waals surface area contributed by atoms with E-state index in [0.29, 0.717) is 11.4 Å². The summed E-state index contributed by atoms with van der Waals surface area (Å²) in [6, 6.07) is 7.24. The lowest BCUT2D eigenvalue weighted by Crippen LogP contribution is -2.35. The molecule has 0 radical (unpaired) electrons. The molecule has 2 aliphatic rings. The second kappa shape index (κ2) is 6.88. The number of aliphatic imine (C=N–C) groups is 1. The minimum Gasteiger partial charge on any atom is -0.404 e. The predicted molar refractivity (Wildman–Crippen MR) is 93.0 cm³/mol. The second-order valence-electron chi connectivity index (χ2n) is 5.82. The Morgan fingerprint density at radius 3 is 2.68 bits per heavy atom. The van der Waals surface area contributed by atoms with Crippen molar-refractivity contribution in [3.63, 3.8) is 0 Å². The van der Waals surface area contributed by atoms with Crippen molar-refractivity contribution in [3.05, 3.63) is 64.6 Å². The van der Waals surface area contributed by atoms with Gasteiger partial charge in [-0.05, 0) is 43.0 Å². The summed E-state index contributed by atoms with van der Waals surface area (Å²) >= 11 is 0. The first kappa shape index (κ1) is 16.9. The average molecular weight is 344 g/mol. The molecule has 1 fully saturated rings. The molecule has 1 saturated carbocycles. The van der Waals surface area contributed by atoms with Crippen LogP contribution in [0.25, 0.3) is 0 Å². The largest absolute Gasteiger partial charge is 0.404 e. The molecule has 1 aromatic rings. The van der Waals surface area contributed by atoms with Gasteiger partial charge < -0.3 is 16.4 Å². The van der Waals surface area contributed by atoms with E-state index in [0.717, 1.165) is 30.2 Å². The van der Waals surface area contributed by atoms with Gasteiger partial charge in [0.1, 0.15) is 5.84 Å². The number of hydrogen-bond acceptors (Lipinski definition) is 4. The molecule has 5 nitrogen and oxygen atoms in total. The van der Waals surface area contributed by atoms with Crippen molar-refractivity contribution in [1.82, 2.24) is 5.32 Å². The van der Waals surface area contributed by atoms with Crippen molar-refractivity contribution < 1.29 is 13.6 Å². The van der Waals surface area contributed by atoms with Gasteiger partial charge in [-0.25, -0.2) is 13.8 Å². The Labute approximate surface area is 144 Å². The number of alkyl halides is 2. The van der Waals surface area contributed by atoms with Gasteiger partial charge >= 0.3 is 0 Å². The Hall–Kier alpha value is -2.96. The van der Waals surface area contributed by atoms with Crippen molar-refractivity contribution in [3.8, 4) is 0 Å². The van der Waals surface area contributed by atoms with Crippen LogP contribution in [0.3, 0.4) is 0 Å². The van der Waals surface area contributed by atoms with Gasteiger partial charge in [0.05, 0.1) is 17.0 Å². The molecule has 1 aromatic carbocycles. The first-order chi connectivity index (χ1) is 12.0. The zero-order valence-corrected chi connectivity index (χ0v) is 13.6. The van der Waals surface area contributed by atoms with Gasteiger partial charge in [0.15, 0.2) is 0 Å². The van der Waals surface area contributed by atoms with Gasteiger partial charge in [0, 0.05) is 11.9 Å². The van der Waals surface area contributed by atoms with E-state index >= 15 is 0 Å². The lowest BCUT2D eigenvalue weighted by atomic mass is 10.1. The number of nitrogens with two attached hydrogens (primary N) is 1. The number of aryl methyl sites for hydroxylation is 1. The molecule has 0 spiro atoms. The van der Waals surface area contributed by atoms with Crippen LogP contribution in [-0.4, -0.2) is 18.2 Å². The first-order valence-corrected chi connectivity index (χ1v) is 7.86. The van der Waals surface area contributed by atoms with Gasteiger partial charge in [-0.3, -0.25) is 4.79 Å². The fourth-order valence-corrected chi connectivity index (χ4v) is 2.41. The Morgan fingerprint density at radius 2 is 2.08 bits per heavy atom. The fraction of sp³-hybridized carbons (Fsp3) is 0.222. The number of amides is 1. The number of hydrogen-bond donors (Lipinski definition) is 3. The van der Waals surface area contributed by atoms with E-state index in [1.54, 1.807) is 12.1 Å². The summed E-state index contributed by atoms with van der Waals surface area (Å²) in [5.41, 5.74) is 8.27. The maximum absolute atomic E-state index is 13.2. The first-order valence-electron chi connectivity index (χ1n) is 7.86. The van der Waals surface area contributed by atoms with E-state index in [-0.39, 0.29) is 17.1 Å². The molecule has 1 aliphatic carbocycles. The number of halogens is 2. The number of para-hydroxylation sites is 1. The number of amidine groups is 1. The molecule has 130 valence electrons. The molecule has 1 aliphatic heterocycles. The highest BCUT2D eigenvalue weighted by Gasteiger charge is 2.27. The van der Waals surface area contributed by atoms with Gasteiger partial charge in [-0.1, -0.05) is 18.2 Å². The molecular formula is C18H18F2N4O. The van der Waals surface area contributed by atoms with E-state index < -0.39 is 12.3 Å². The number of carbonyl (C=O) groups is 1. The summed E-state index contributed by atoms with van der Waals surface area (Å²) in [6.07, 6.45) is 1.36. The fourth-order valence-electron chi connectivity index (χ4n) is 2.41. The molecule has 1 heterocycles. The standard InChI is InChI=1S/C18H18F2N4O/c1-10-4-2-3-5-13(10)24-18(25)12(9-21)17-22-14(11-6-7-11)8-15(23-17)16(19)20/h2-5,8-9,16H,6-7,21H2,1H3,(H,22,23)(H,24,25). The lowest BCUT2D eigenvalue weighted by molar-refractivity contribution is -0.112. The molecule has 0 aromatic heterocycles. The molecular weight excluding hydrogens is 326 g/mol. The molecule has 3 rings (SSSR count). The van der Waals surface area contributed by atoms with Crippen molar-refractivity contribution in [2.24, 2.45) is 10.7 Å². The monoisotopic (exact) mass is 344 g/mol. The van der Waals surface area contributed by atoms with E-state index in [9.17, 15) is 13.6 Å². The molecule has 0 saturated heterocycles. The zero-order valence-electron chi connectivity index (χ0n) is 13.6. The molecule has 0 bridgehead atoms. The molecule has 1 amide bonds. The van der Waals surface area contributed by atoms with Crippen LogP contribution >= 0.6 is 0 Å². The minimum absolute atomic E-state index is 0.00764. The Balaban J connectivity index is 1.87. The third-order valence-corrected chi connectivity index (χ3v) is 3.94. The molecule has 4 N–H and O–H groups in total. The van der Waals surface area contributed by atoms with Crippen LogP contribution in [0.2, 0.25) is 0 Å². The second-order valence-corrected chi connectivity index (χ2v) is 5.82. The van der Waals surface area contributed by atoms with Crippen molar-refractivity contribution in [2.45, 2.75) is 26.2 Å². The van der Waals surface area contributed by atoms with E-state index in [1.165, 1.54) is 6.08 Å². The summed E-state index contributed by atoms with van der Waals surface area (Å²) in [5, 5.41) is 5.25. The molecule has 0 atom stereocenters. The van der Waals surface area contributed by atoms with E-state index in [2.05, 4.69) is 15.6 Å². The zero-order chi connectivity index (χ0) is 18.0. The maximum atomic E-state index is 13.2. The van der Waals surface area contributed by atoms with Crippen molar-refractivity contribution in [2.75, 3.05) is 5.32 Å². The van der Waals surface area contributed by atoms with Crippen LogP contribution in [0.1, 0.15) is 18.4 Å². The molecule has 7 heteroatoms. The highest BCUT2D eigenvalue weighted by Crippen LogP contribution is 2.34. The van der Waals surface area contributed by atoms with Gasteiger partial charge in [-0.2, -0.15) is 0 Å². The summed E-state index contributed by atoms with van der Waals surface area (Å²) in [5.74, 6) is -0.487. The van der Waals surface area contributed by atoms with Crippen molar-refractivity contribution >= 4 is 17.4 Å². The quantitative estimate of drug-likeness (QED) is 0.735. The number of carbonyl (C=O) groups excluding carboxylic acids is 1. The maximum Gasteiger partial charge on any atom is 0.278 e. The minimum atomic E-state index is -2.70. The van der Waals surface area contributed by atoms with Gasteiger partial charge in [-0.15, -0.1) is 0 Å². The highest BCUT2D eigenvalue weighted by molar-refractivity contribution is 6.25. The lowest BCUT2D eigenvalue weighted by Gasteiger charge is -2.19. The van der Waals surface area contributed by atoms with Crippen LogP contribution in [0.15, 0.2) is 64.1 Å². The predicted octanol–water partition coefficient (Wildman–Crippen LogP) is 2.97. The van der Waals surface area contributed by atoms with Crippen LogP contribution in [-0.2, 0) is 4.79 Å². The Bertz CT molecular complexity index is 831. The van der Waals surface area contributed by atoms with E-state index in [1.807, 2.05) is 19.1 Å². The number of rotatable bonds is 4. The highest BCUT2D eigenvalue weighted by atomic mass is 19.3. The van der Waals surface area contributed by atoms with Crippen LogP contribution in [0.5, 0.6) is 0 Å². The summed E-state index contributed by atoms with van der Waals surface area (Å²) < 4.78 is 26.3. The smallest absolute Gasteiger partial charge is 0.278 e. The number of nitrogens with one attached hydrogen (secondary N) is 2. The third-order valence-electron chi connectivity index (χ3n) is 3.94. The van der Waals surface area contributed by atoms with Crippen molar-refractivity contribution in [1.29, 1.82) is 0 Å². The Morgan fingerprint density at radius 1 is 1.36 bits per heavy atom. The molecule has 25 heavy (non-hydrogen) atoms. The van der Waals surface area contributed by atoms with Crippen LogP contribution in [0, 0.1) is 6.92 Å². The number of allylic oxidation sites excluding steroid dienone is 3. The number of nitrogens with zero attached hydrogens (tertiary/aromatic N) is 1. The Kier molecular flexibility index (Phi) is 4.65. The van der Waals surface area contributed by atoms with Crippen LogP contribution in [0.4, 0.5) is 14.5 Å². The summed E-state index contributed by atoms with van der Waals surface area (Å²) in [6.45, 7) is 1.85. The molecule has 0 unspecified atom stereocenters. The summed E-state index contributed by atoms with van der Waals surface area (Å²) in [4.78, 5) is 16.9. The SMILES string of the molecule is Cc1ccccc1NC(=O)C(=CN)C1=NC(=C2CC2)C=C(C(F)F)N1. The van der Waals surface area contributed by atoms with E-state index in [4.69, 9.17) is 5.73 Å². The normalized spacial score (nSPS) is 17.0. The third kappa shape index (κ3) is 3.76. The topological polar surface area (TPSA) is 79.5 Å².